The number of pyridine rings is 1. The second kappa shape index (κ2) is 4.21. The molecule has 1 aromatic heterocycles. The predicted octanol–water partition coefficient (Wildman–Crippen LogP) is 3.86. The number of rotatable bonds is 2. The summed E-state index contributed by atoms with van der Waals surface area (Å²) in [5.74, 6) is -0.0698. The highest BCUT2D eigenvalue weighted by Gasteiger charge is 2.34. The van der Waals surface area contributed by atoms with E-state index in [2.05, 4.69) is 24.1 Å². The summed E-state index contributed by atoms with van der Waals surface area (Å²) in [6.07, 6.45) is 4.88. The van der Waals surface area contributed by atoms with Gasteiger partial charge in [0.05, 0.1) is 5.02 Å². The predicted molar refractivity (Wildman–Crippen MR) is 64.2 cm³/mol. The SMILES string of the molecule is CC1(C)CCCC1Nc1ncc(Cl)cc1F. The van der Waals surface area contributed by atoms with Crippen LogP contribution in [0.1, 0.15) is 33.1 Å². The van der Waals surface area contributed by atoms with Gasteiger partial charge in [0.25, 0.3) is 0 Å². The number of hydrogen-bond donors (Lipinski definition) is 1. The maximum atomic E-state index is 13.5. The van der Waals surface area contributed by atoms with Gasteiger partial charge in [0.15, 0.2) is 11.6 Å². The van der Waals surface area contributed by atoms with Crippen LogP contribution in [-0.2, 0) is 0 Å². The van der Waals surface area contributed by atoms with E-state index in [0.717, 1.165) is 6.42 Å². The third-order valence-electron chi connectivity index (χ3n) is 3.38. The molecular formula is C12H16ClFN2. The van der Waals surface area contributed by atoms with Gasteiger partial charge in [-0.05, 0) is 24.3 Å². The number of aromatic nitrogens is 1. The highest BCUT2D eigenvalue weighted by atomic mass is 35.5. The first-order chi connectivity index (χ1) is 7.49. The van der Waals surface area contributed by atoms with Gasteiger partial charge in [0, 0.05) is 12.2 Å². The Bertz CT molecular complexity index is 393. The van der Waals surface area contributed by atoms with Crippen molar-refractivity contribution in [3.63, 3.8) is 0 Å². The summed E-state index contributed by atoms with van der Waals surface area (Å²) in [6, 6.07) is 1.58. The summed E-state index contributed by atoms with van der Waals surface area (Å²) in [7, 11) is 0. The first kappa shape index (κ1) is 11.6. The molecule has 0 aromatic carbocycles. The first-order valence-electron chi connectivity index (χ1n) is 5.56. The van der Waals surface area contributed by atoms with Crippen LogP contribution in [0.4, 0.5) is 10.2 Å². The van der Waals surface area contributed by atoms with Gasteiger partial charge in [-0.15, -0.1) is 0 Å². The van der Waals surface area contributed by atoms with Gasteiger partial charge in [-0.1, -0.05) is 31.9 Å². The number of anilines is 1. The molecule has 1 aromatic rings. The molecule has 2 rings (SSSR count). The quantitative estimate of drug-likeness (QED) is 0.852. The van der Waals surface area contributed by atoms with E-state index < -0.39 is 0 Å². The van der Waals surface area contributed by atoms with Crippen molar-refractivity contribution in [3.05, 3.63) is 23.1 Å². The van der Waals surface area contributed by atoms with Gasteiger partial charge in [0.1, 0.15) is 0 Å². The number of nitrogens with zero attached hydrogens (tertiary/aromatic N) is 1. The summed E-state index contributed by atoms with van der Waals surface area (Å²) in [4.78, 5) is 3.99. The van der Waals surface area contributed by atoms with Gasteiger partial charge in [0.2, 0.25) is 0 Å². The van der Waals surface area contributed by atoms with E-state index in [0.29, 0.717) is 10.8 Å². The lowest BCUT2D eigenvalue weighted by Gasteiger charge is -2.28. The standard InChI is InChI=1S/C12H16ClFN2/c1-12(2)5-3-4-10(12)16-11-9(14)6-8(13)7-15-11/h6-7,10H,3-5H2,1-2H3,(H,15,16). The van der Waals surface area contributed by atoms with E-state index in [-0.39, 0.29) is 17.3 Å². The summed E-state index contributed by atoms with van der Waals surface area (Å²) in [5.41, 5.74) is 0.202. The molecule has 0 saturated heterocycles. The second-order valence-corrected chi connectivity index (χ2v) is 5.50. The van der Waals surface area contributed by atoms with Crippen LogP contribution in [0.15, 0.2) is 12.3 Å². The van der Waals surface area contributed by atoms with Crippen LogP contribution in [-0.4, -0.2) is 11.0 Å². The fraction of sp³-hybridized carbons (Fsp3) is 0.583. The summed E-state index contributed by atoms with van der Waals surface area (Å²) in [5, 5.41) is 3.51. The Balaban J connectivity index is 2.15. The van der Waals surface area contributed by atoms with E-state index in [9.17, 15) is 4.39 Å². The molecule has 1 N–H and O–H groups in total. The monoisotopic (exact) mass is 242 g/mol. The Hall–Kier alpha value is -0.830. The molecule has 1 aliphatic rings. The van der Waals surface area contributed by atoms with Crippen LogP contribution in [0.5, 0.6) is 0 Å². The molecule has 0 spiro atoms. The summed E-state index contributed by atoms with van der Waals surface area (Å²) >= 11 is 5.66. The van der Waals surface area contributed by atoms with E-state index >= 15 is 0 Å². The van der Waals surface area contributed by atoms with Crippen molar-refractivity contribution in [1.82, 2.24) is 4.98 Å². The molecule has 2 nitrogen and oxygen atoms in total. The molecule has 1 saturated carbocycles. The van der Waals surface area contributed by atoms with Gasteiger partial charge in [-0.3, -0.25) is 0 Å². The molecule has 0 bridgehead atoms. The van der Waals surface area contributed by atoms with Crippen LogP contribution >= 0.6 is 11.6 Å². The Morgan fingerprint density at radius 1 is 1.56 bits per heavy atom. The second-order valence-electron chi connectivity index (χ2n) is 5.06. The van der Waals surface area contributed by atoms with Gasteiger partial charge < -0.3 is 5.32 Å². The fourth-order valence-electron chi connectivity index (χ4n) is 2.28. The molecule has 16 heavy (non-hydrogen) atoms. The molecule has 1 fully saturated rings. The zero-order valence-corrected chi connectivity index (χ0v) is 10.3. The average Bonchev–Trinajstić information content (AvgIpc) is 2.50. The molecule has 88 valence electrons. The van der Waals surface area contributed by atoms with Crippen LogP contribution in [0, 0.1) is 11.2 Å². The average molecular weight is 243 g/mol. The van der Waals surface area contributed by atoms with E-state index in [1.165, 1.54) is 25.1 Å². The third-order valence-corrected chi connectivity index (χ3v) is 3.58. The van der Waals surface area contributed by atoms with Crippen LogP contribution in [0.3, 0.4) is 0 Å². The minimum atomic E-state index is -0.379. The molecule has 1 aliphatic carbocycles. The topological polar surface area (TPSA) is 24.9 Å². The number of halogens is 2. The molecule has 0 amide bonds. The van der Waals surface area contributed by atoms with Gasteiger partial charge in [-0.25, -0.2) is 9.37 Å². The summed E-state index contributed by atoms with van der Waals surface area (Å²) < 4.78 is 13.5. The maximum absolute atomic E-state index is 13.5. The Morgan fingerprint density at radius 2 is 2.31 bits per heavy atom. The zero-order chi connectivity index (χ0) is 11.8. The lowest BCUT2D eigenvalue weighted by atomic mass is 9.87. The normalized spacial score (nSPS) is 23.4. The van der Waals surface area contributed by atoms with Crippen molar-refractivity contribution < 1.29 is 4.39 Å². The fourth-order valence-corrected chi connectivity index (χ4v) is 2.42. The Morgan fingerprint density at radius 3 is 2.88 bits per heavy atom. The lowest BCUT2D eigenvalue weighted by Crippen LogP contribution is -2.31. The van der Waals surface area contributed by atoms with Gasteiger partial charge >= 0.3 is 0 Å². The van der Waals surface area contributed by atoms with E-state index in [1.807, 2.05) is 0 Å². The lowest BCUT2D eigenvalue weighted by molar-refractivity contribution is 0.348. The number of hydrogen-bond acceptors (Lipinski definition) is 2. The Kier molecular flexibility index (Phi) is 3.06. The van der Waals surface area contributed by atoms with E-state index in [1.54, 1.807) is 0 Å². The Labute approximate surface area is 100 Å². The van der Waals surface area contributed by atoms with E-state index in [4.69, 9.17) is 11.6 Å². The van der Waals surface area contributed by atoms with Crippen LogP contribution < -0.4 is 5.32 Å². The molecule has 0 radical (unpaired) electrons. The molecular weight excluding hydrogens is 227 g/mol. The maximum Gasteiger partial charge on any atom is 0.166 e. The van der Waals surface area contributed by atoms with Crippen molar-refractivity contribution >= 4 is 17.4 Å². The van der Waals surface area contributed by atoms with Crippen molar-refractivity contribution in [2.45, 2.75) is 39.2 Å². The highest BCUT2D eigenvalue weighted by Crippen LogP contribution is 2.39. The largest absolute Gasteiger partial charge is 0.364 e. The highest BCUT2D eigenvalue weighted by molar-refractivity contribution is 6.30. The van der Waals surface area contributed by atoms with Crippen LogP contribution in [0.25, 0.3) is 0 Å². The first-order valence-corrected chi connectivity index (χ1v) is 5.94. The van der Waals surface area contributed by atoms with Crippen molar-refractivity contribution in [2.24, 2.45) is 5.41 Å². The molecule has 1 atom stereocenters. The smallest absolute Gasteiger partial charge is 0.166 e. The summed E-state index contributed by atoms with van der Waals surface area (Å²) in [6.45, 7) is 4.40. The zero-order valence-electron chi connectivity index (χ0n) is 9.56. The van der Waals surface area contributed by atoms with Crippen molar-refractivity contribution in [3.8, 4) is 0 Å². The molecule has 0 aliphatic heterocycles. The molecule has 4 heteroatoms. The number of nitrogens with one attached hydrogen (secondary N) is 1. The van der Waals surface area contributed by atoms with Crippen molar-refractivity contribution in [2.75, 3.05) is 5.32 Å². The van der Waals surface area contributed by atoms with Gasteiger partial charge in [-0.2, -0.15) is 0 Å². The minimum absolute atomic E-state index is 0.202. The third kappa shape index (κ3) is 2.29. The van der Waals surface area contributed by atoms with Crippen LogP contribution in [0.2, 0.25) is 5.02 Å². The van der Waals surface area contributed by atoms with Crippen molar-refractivity contribution in [1.29, 1.82) is 0 Å². The molecule has 1 heterocycles. The molecule has 1 unspecified atom stereocenters. The minimum Gasteiger partial charge on any atom is -0.364 e.